The molecule has 0 aromatic carbocycles. The minimum Gasteiger partial charge on any atom is -0.426 e. The van der Waals surface area contributed by atoms with Crippen LogP contribution in [0.2, 0.25) is 0 Å². The maximum atomic E-state index is 13.1. The van der Waals surface area contributed by atoms with Gasteiger partial charge >= 0.3 is 19.1 Å². The van der Waals surface area contributed by atoms with Crippen LogP contribution >= 0.6 is 0 Å². The van der Waals surface area contributed by atoms with Crippen LogP contribution in [-0.4, -0.2) is 199 Å². The highest BCUT2D eigenvalue weighted by Gasteiger charge is 2.39. The minimum absolute atomic E-state index is 0.102. The van der Waals surface area contributed by atoms with Crippen molar-refractivity contribution < 1.29 is 53.1 Å². The van der Waals surface area contributed by atoms with Gasteiger partial charge in [-0.1, -0.05) is 20.8 Å². The fourth-order valence-corrected chi connectivity index (χ4v) is 6.41. The topological polar surface area (TPSA) is 231 Å². The second-order valence-corrected chi connectivity index (χ2v) is 14.3. The zero-order chi connectivity index (χ0) is 39.2. The summed E-state index contributed by atoms with van der Waals surface area (Å²) in [6.45, 7) is 9.59. The first-order chi connectivity index (χ1) is 25.1. The molecule has 3 fully saturated rings. The number of hydrogen-bond acceptors (Lipinski definition) is 15. The van der Waals surface area contributed by atoms with E-state index in [0.29, 0.717) is 65.2 Å². The monoisotopic (exact) mass is 752 g/mol. The van der Waals surface area contributed by atoms with Crippen molar-refractivity contribution in [2.24, 2.45) is 5.92 Å². The lowest BCUT2D eigenvalue weighted by molar-refractivity contribution is -0.190. The van der Waals surface area contributed by atoms with E-state index < -0.39 is 73.5 Å². The number of likely N-dealkylation sites (N-methyl/N-ethyl adjacent to an activating group) is 2. The molecular formula is C33H57BN8O11. The standard InChI is InChI=1S/C33H57BN8O11/c1-6-39-12-13-41-15-14-40(11-10-38(5)20-28(46)52-30(16-24(43)18-39)53-29(47)21-41)19-27(45)35-17-26(44)37-31(22(2)3)32(48)36-23(4)33(49)42-9-7-8-25(42)34(50)51/h22-23,25,30-31,50-51H,6-21H2,1-5H3,(H,35,45)(H,36,48)(H,37,44)/t23-,25+,30?,31+/m1/s1. The highest BCUT2D eigenvalue weighted by molar-refractivity contribution is 6.43. The molecular weight excluding hydrogens is 695 g/mol. The lowest BCUT2D eigenvalue weighted by Gasteiger charge is -2.30. The molecule has 0 radical (unpaired) electrons. The van der Waals surface area contributed by atoms with Gasteiger partial charge in [-0.25, -0.2) is 0 Å². The van der Waals surface area contributed by atoms with E-state index in [1.165, 1.54) is 11.8 Å². The zero-order valence-corrected chi connectivity index (χ0v) is 31.6. The number of nitrogens with one attached hydrogen (secondary N) is 3. The van der Waals surface area contributed by atoms with Crippen LogP contribution in [0.3, 0.4) is 0 Å². The molecule has 3 saturated heterocycles. The summed E-state index contributed by atoms with van der Waals surface area (Å²) >= 11 is 0. The van der Waals surface area contributed by atoms with Crippen LogP contribution in [-0.2, 0) is 43.0 Å². The fourth-order valence-electron chi connectivity index (χ4n) is 6.41. The van der Waals surface area contributed by atoms with E-state index in [1.54, 1.807) is 25.8 Å². The van der Waals surface area contributed by atoms with Gasteiger partial charge in [0.1, 0.15) is 12.1 Å². The largest absolute Gasteiger partial charge is 0.475 e. The van der Waals surface area contributed by atoms with Crippen molar-refractivity contribution in [3.8, 4) is 0 Å². The number of esters is 2. The van der Waals surface area contributed by atoms with Crippen LogP contribution in [0.4, 0.5) is 0 Å². The van der Waals surface area contributed by atoms with Gasteiger partial charge in [-0.05, 0) is 39.3 Å². The van der Waals surface area contributed by atoms with E-state index in [1.807, 2.05) is 21.6 Å². The summed E-state index contributed by atoms with van der Waals surface area (Å²) in [6.07, 6.45) is -0.512. The Balaban J connectivity index is 1.59. The van der Waals surface area contributed by atoms with Crippen molar-refractivity contribution in [1.82, 2.24) is 40.4 Å². The molecule has 3 aliphatic heterocycles. The Morgan fingerprint density at radius 2 is 1.49 bits per heavy atom. The number of likely N-dealkylation sites (tertiary alicyclic amines) is 1. The Labute approximate surface area is 311 Å². The van der Waals surface area contributed by atoms with Gasteiger partial charge in [0, 0.05) is 45.8 Å². The molecule has 0 aromatic heterocycles. The van der Waals surface area contributed by atoms with Crippen molar-refractivity contribution in [3.05, 3.63) is 0 Å². The van der Waals surface area contributed by atoms with E-state index in [4.69, 9.17) is 9.47 Å². The Hall–Kier alpha value is -3.69. The lowest BCUT2D eigenvalue weighted by atomic mass is 9.78. The van der Waals surface area contributed by atoms with Gasteiger partial charge in [0.2, 0.25) is 23.6 Å². The summed E-state index contributed by atoms with van der Waals surface area (Å²) in [5.74, 6) is -4.78. The summed E-state index contributed by atoms with van der Waals surface area (Å²) in [7, 11) is 0.00555. The van der Waals surface area contributed by atoms with Crippen LogP contribution in [0.25, 0.3) is 0 Å². The molecule has 2 bridgehead atoms. The molecule has 3 heterocycles. The number of fused-ring (bicyclic) bond motifs is 4. The van der Waals surface area contributed by atoms with Crippen molar-refractivity contribution in [3.63, 3.8) is 0 Å². The summed E-state index contributed by atoms with van der Waals surface area (Å²) in [5.41, 5.74) is 0. The molecule has 53 heavy (non-hydrogen) atoms. The molecule has 3 rings (SSSR count). The third-order valence-corrected chi connectivity index (χ3v) is 9.52. The van der Waals surface area contributed by atoms with Crippen LogP contribution in [0, 0.1) is 5.92 Å². The third kappa shape index (κ3) is 14.6. The number of Topliss-reactive ketones (excluding diaryl/α,β-unsaturated/α-hetero) is 1. The van der Waals surface area contributed by atoms with Crippen molar-refractivity contribution >= 4 is 48.5 Å². The van der Waals surface area contributed by atoms with Crippen LogP contribution < -0.4 is 16.0 Å². The molecule has 3 aliphatic rings. The Morgan fingerprint density at radius 3 is 2.13 bits per heavy atom. The van der Waals surface area contributed by atoms with Gasteiger partial charge in [0.15, 0.2) is 5.78 Å². The number of ketones is 1. The van der Waals surface area contributed by atoms with E-state index in [-0.39, 0.29) is 44.3 Å². The number of rotatable bonds is 11. The molecule has 0 aromatic rings. The Kier molecular flexibility index (Phi) is 17.5. The van der Waals surface area contributed by atoms with Crippen molar-refractivity contribution in [2.45, 2.75) is 71.3 Å². The van der Waals surface area contributed by atoms with E-state index in [9.17, 15) is 43.6 Å². The number of amides is 4. The first kappa shape index (κ1) is 43.7. The second kappa shape index (κ2) is 21.3. The molecule has 4 amide bonds. The quantitative estimate of drug-likeness (QED) is 0.100. The SMILES string of the molecule is CCN1CCN2CCN(CC(=O)NCC(=O)N[C@H](C(=O)N[C@H](C)C(=O)N3CCC[C@H]3B(O)O)C(C)C)CCN(C)CC(=O)OC(CC(=O)C1)OC(=O)C2. The first-order valence-electron chi connectivity index (χ1n) is 18.4. The predicted octanol–water partition coefficient (Wildman–Crippen LogP) is -3.99. The van der Waals surface area contributed by atoms with E-state index >= 15 is 0 Å². The normalized spacial score (nSPS) is 24.4. The summed E-state index contributed by atoms with van der Waals surface area (Å²) in [6, 6.07) is -2.00. The van der Waals surface area contributed by atoms with Crippen LogP contribution in [0.5, 0.6) is 0 Å². The molecule has 19 nitrogen and oxygen atoms in total. The molecule has 20 heteroatoms. The highest BCUT2D eigenvalue weighted by atomic mass is 16.7. The van der Waals surface area contributed by atoms with Gasteiger partial charge in [-0.2, -0.15) is 0 Å². The van der Waals surface area contributed by atoms with E-state index in [2.05, 4.69) is 16.0 Å². The fraction of sp³-hybridized carbons (Fsp3) is 0.788. The summed E-state index contributed by atoms with van der Waals surface area (Å²) in [4.78, 5) is 99.0. The van der Waals surface area contributed by atoms with Crippen LogP contribution in [0.15, 0.2) is 0 Å². The predicted molar refractivity (Wildman–Crippen MR) is 190 cm³/mol. The van der Waals surface area contributed by atoms with Gasteiger partial charge in [-0.15, -0.1) is 0 Å². The molecule has 0 aliphatic carbocycles. The number of hydrogen-bond donors (Lipinski definition) is 5. The number of carbonyl (C=O) groups excluding carboxylic acids is 7. The highest BCUT2D eigenvalue weighted by Crippen LogP contribution is 2.19. The maximum absolute atomic E-state index is 13.1. The van der Waals surface area contributed by atoms with Gasteiger partial charge in [0.05, 0.1) is 45.1 Å². The minimum atomic E-state index is -1.69. The second-order valence-electron chi connectivity index (χ2n) is 14.3. The number of nitrogens with zero attached hydrogens (tertiary/aromatic N) is 5. The number of ether oxygens (including phenoxy) is 2. The summed E-state index contributed by atoms with van der Waals surface area (Å²) < 4.78 is 10.8. The smallest absolute Gasteiger partial charge is 0.426 e. The average molecular weight is 753 g/mol. The maximum Gasteiger partial charge on any atom is 0.475 e. The van der Waals surface area contributed by atoms with Crippen molar-refractivity contribution in [1.29, 1.82) is 0 Å². The Bertz CT molecular complexity index is 1310. The molecule has 5 N–H and O–H groups in total. The average Bonchev–Trinajstić information content (AvgIpc) is 3.57. The van der Waals surface area contributed by atoms with Gasteiger partial charge < -0.3 is 40.4 Å². The first-order valence-corrected chi connectivity index (χ1v) is 18.4. The van der Waals surface area contributed by atoms with E-state index in [0.717, 1.165) is 0 Å². The van der Waals surface area contributed by atoms with Crippen molar-refractivity contribution in [2.75, 3.05) is 92.1 Å². The Morgan fingerprint density at radius 1 is 0.849 bits per heavy atom. The molecule has 0 saturated carbocycles. The summed E-state index contributed by atoms with van der Waals surface area (Å²) in [5, 5.41) is 27.1. The lowest BCUT2D eigenvalue weighted by Crippen LogP contribution is -2.57. The number of carbonyl (C=O) groups is 7. The zero-order valence-electron chi connectivity index (χ0n) is 31.6. The van der Waals surface area contributed by atoms with Gasteiger partial charge in [-0.3, -0.25) is 53.2 Å². The molecule has 5 atom stereocenters. The van der Waals surface area contributed by atoms with Crippen LogP contribution in [0.1, 0.15) is 47.0 Å². The van der Waals surface area contributed by atoms with Gasteiger partial charge in [0.25, 0.3) is 6.29 Å². The molecule has 0 spiro atoms. The molecule has 298 valence electrons. The third-order valence-electron chi connectivity index (χ3n) is 9.52. The molecule has 2 unspecified atom stereocenters.